The summed E-state index contributed by atoms with van der Waals surface area (Å²) in [5, 5.41) is 16.1. The van der Waals surface area contributed by atoms with Crippen LogP contribution in [0.2, 0.25) is 5.02 Å². The molecule has 3 amide bonds. The molecule has 1 fully saturated rings. The molecule has 3 aliphatic rings. The van der Waals surface area contributed by atoms with Gasteiger partial charge in [-0.3, -0.25) is 24.3 Å². The van der Waals surface area contributed by atoms with E-state index in [1.807, 2.05) is 57.2 Å². The zero-order chi connectivity index (χ0) is 39.2. The number of halogens is 1. The van der Waals surface area contributed by atoms with E-state index >= 15 is 0 Å². The molecule has 12 heteroatoms. The van der Waals surface area contributed by atoms with Crippen LogP contribution in [0.15, 0.2) is 54.1 Å². The number of aromatic nitrogens is 1. The monoisotopic (exact) mass is 758 g/mol. The molecule has 0 spiro atoms. The fourth-order valence-corrected chi connectivity index (χ4v) is 7.79. The molecule has 54 heavy (non-hydrogen) atoms. The Kier molecular flexibility index (Phi) is 13.6. The Bertz CT molecular complexity index is 1900. The quantitative estimate of drug-likeness (QED) is 0.160. The molecule has 1 aliphatic carbocycles. The molecule has 3 unspecified atom stereocenters. The van der Waals surface area contributed by atoms with Gasteiger partial charge in [0.25, 0.3) is 11.8 Å². The number of methoxy groups -OCH3 is 1. The number of benzene rings is 2. The molecule has 4 N–H and O–H groups in total. The summed E-state index contributed by atoms with van der Waals surface area (Å²) in [6.07, 6.45) is 6.94. The third kappa shape index (κ3) is 8.49. The average Bonchev–Trinajstić information content (AvgIpc) is 3.81. The normalized spacial score (nSPS) is 20.1. The molecule has 0 saturated carbocycles. The molecule has 0 bridgehead atoms. The van der Waals surface area contributed by atoms with Crippen molar-refractivity contribution in [1.29, 1.82) is 0 Å². The molecule has 1 saturated heterocycles. The van der Waals surface area contributed by atoms with E-state index in [2.05, 4.69) is 40.9 Å². The van der Waals surface area contributed by atoms with Crippen molar-refractivity contribution in [2.45, 2.75) is 84.7 Å². The van der Waals surface area contributed by atoms with Crippen molar-refractivity contribution in [1.82, 2.24) is 25.6 Å². The minimum absolute atomic E-state index is 0.00186. The predicted molar refractivity (Wildman–Crippen MR) is 214 cm³/mol. The van der Waals surface area contributed by atoms with Crippen LogP contribution in [-0.2, 0) is 20.8 Å². The molecule has 2 aromatic carbocycles. The summed E-state index contributed by atoms with van der Waals surface area (Å²) in [4.78, 5) is 46.0. The first kappa shape index (κ1) is 40.9. The van der Waals surface area contributed by atoms with Crippen LogP contribution in [0.3, 0.4) is 0 Å². The minimum Gasteiger partial charge on any atom is -0.481 e. The Morgan fingerprint density at radius 2 is 1.85 bits per heavy atom. The summed E-state index contributed by atoms with van der Waals surface area (Å²) < 4.78 is 5.96. The van der Waals surface area contributed by atoms with Gasteiger partial charge in [-0.05, 0) is 74.3 Å². The Labute approximate surface area is 324 Å². The second-order valence-electron chi connectivity index (χ2n) is 14.5. The van der Waals surface area contributed by atoms with Crippen molar-refractivity contribution in [3.63, 3.8) is 0 Å². The fraction of sp³-hybridized carbons (Fsp3) is 0.476. The molecule has 11 nitrogen and oxygen atoms in total. The molecule has 1 aromatic heterocycles. The number of pyridine rings is 1. The zero-order valence-corrected chi connectivity index (χ0v) is 33.4. The second kappa shape index (κ2) is 17.9. The largest absolute Gasteiger partial charge is 0.481 e. The number of nitrogens with zero attached hydrogens (tertiary/aromatic N) is 3. The Hall–Kier alpha value is -4.29. The summed E-state index contributed by atoms with van der Waals surface area (Å²) in [5.74, 6) is -0.106. The molecule has 290 valence electrons. The summed E-state index contributed by atoms with van der Waals surface area (Å²) >= 11 is 7.19. The summed E-state index contributed by atoms with van der Waals surface area (Å²) in [7, 11) is 3.26. The maximum atomic E-state index is 13.1. The van der Waals surface area contributed by atoms with Crippen LogP contribution in [0.25, 0.3) is 22.4 Å². The topological polar surface area (TPSA) is 136 Å². The van der Waals surface area contributed by atoms with Crippen LogP contribution in [0.5, 0.6) is 5.88 Å². The van der Waals surface area contributed by atoms with E-state index < -0.39 is 5.91 Å². The maximum Gasteiger partial charge on any atom is 0.273 e. The van der Waals surface area contributed by atoms with Gasteiger partial charge in [0.2, 0.25) is 11.8 Å². The Morgan fingerprint density at radius 1 is 1.15 bits per heavy atom. The lowest BCUT2D eigenvalue weighted by Crippen LogP contribution is -2.51. The zero-order valence-electron chi connectivity index (χ0n) is 32.6. The number of aryl methyl sites for hydroxylation is 1. The molecular weight excluding hydrogens is 704 g/mol. The fourth-order valence-electron chi connectivity index (χ4n) is 7.46. The number of ether oxygens (including phenoxy) is 1. The highest BCUT2D eigenvalue weighted by Gasteiger charge is 2.43. The number of amides is 3. The van der Waals surface area contributed by atoms with Gasteiger partial charge < -0.3 is 20.5 Å². The number of hydrogen-bond acceptors (Lipinski definition) is 8. The van der Waals surface area contributed by atoms with Gasteiger partial charge in [0.1, 0.15) is 5.57 Å². The number of likely N-dealkylation sites (N-methyl/N-ethyl adjacent to an activating group) is 1. The van der Waals surface area contributed by atoms with E-state index in [-0.39, 0.29) is 34.9 Å². The summed E-state index contributed by atoms with van der Waals surface area (Å²) in [6.45, 7) is 12.5. The van der Waals surface area contributed by atoms with Crippen LogP contribution < -0.4 is 20.8 Å². The van der Waals surface area contributed by atoms with E-state index in [1.54, 1.807) is 20.2 Å². The van der Waals surface area contributed by atoms with Gasteiger partial charge in [0.05, 0.1) is 23.4 Å². The maximum absolute atomic E-state index is 13.1. The molecule has 3 heterocycles. The number of carbonyl (C=O) groups is 3. The van der Waals surface area contributed by atoms with Crippen molar-refractivity contribution in [3.8, 4) is 28.3 Å². The van der Waals surface area contributed by atoms with Gasteiger partial charge in [-0.25, -0.2) is 10.4 Å². The van der Waals surface area contributed by atoms with Crippen molar-refractivity contribution in [2.24, 2.45) is 5.92 Å². The lowest BCUT2D eigenvalue weighted by Gasteiger charge is -2.32. The highest BCUT2D eigenvalue weighted by Crippen LogP contribution is 2.46. The third-order valence-electron chi connectivity index (χ3n) is 11.1. The van der Waals surface area contributed by atoms with Crippen LogP contribution in [0.4, 0.5) is 5.69 Å². The number of rotatable bonds is 11. The van der Waals surface area contributed by atoms with Gasteiger partial charge in [-0.15, -0.1) is 0 Å². The Morgan fingerprint density at radius 3 is 2.54 bits per heavy atom. The average molecular weight is 759 g/mol. The minimum atomic E-state index is -0.457. The Balaban J connectivity index is 0.00000133. The van der Waals surface area contributed by atoms with Crippen molar-refractivity contribution in [3.05, 3.63) is 75.8 Å². The summed E-state index contributed by atoms with van der Waals surface area (Å²) in [5.41, 5.74) is 9.69. The number of aliphatic hydroxyl groups excluding tert-OH is 1. The number of hydrogen-bond donors (Lipinski definition) is 4. The SMILES string of the molecule is CCC(C)C(=O)NC1(CC)CCN(C2CCc3cc(-c4cccc(-c5cccc(NC(=O)C6=CCNN(C)C6=O)c5C)c4Cl)nc(OC)c32)C1.CCCO. The van der Waals surface area contributed by atoms with Gasteiger partial charge in [-0.2, -0.15) is 0 Å². The highest BCUT2D eigenvalue weighted by molar-refractivity contribution is 6.36. The first-order chi connectivity index (χ1) is 25.9. The van der Waals surface area contributed by atoms with E-state index in [4.69, 9.17) is 26.4 Å². The number of nitrogens with one attached hydrogen (secondary N) is 3. The lowest BCUT2D eigenvalue weighted by atomic mass is 9.93. The number of likely N-dealkylation sites (tertiary alicyclic amines) is 1. The van der Waals surface area contributed by atoms with Gasteiger partial charge >= 0.3 is 0 Å². The predicted octanol–water partition coefficient (Wildman–Crippen LogP) is 6.62. The van der Waals surface area contributed by atoms with Crippen molar-refractivity contribution >= 4 is 35.0 Å². The standard InChI is InChI=1S/C39H47ClN6O4.C3H8O/c1-7-23(3)35(47)44-39(8-2)18-20-46(22-39)32-16-15-25-21-31(43-37(50-6)33(25)32)28-13-9-12-27(34(28)40)26-11-10-14-30(24(26)4)42-36(48)29-17-19-41-45(5)38(29)49;1-2-3-4/h9-14,17,21,23,32,41H,7-8,15-16,18-20,22H2,1-6H3,(H,42,48)(H,44,47);4H,2-3H2,1H3. The molecule has 0 radical (unpaired) electrons. The van der Waals surface area contributed by atoms with Crippen molar-refractivity contribution < 1.29 is 24.2 Å². The van der Waals surface area contributed by atoms with Gasteiger partial charge in [-0.1, -0.05) is 75.7 Å². The van der Waals surface area contributed by atoms with Crippen LogP contribution in [0, 0.1) is 12.8 Å². The van der Waals surface area contributed by atoms with Crippen LogP contribution >= 0.6 is 11.6 Å². The first-order valence-electron chi connectivity index (χ1n) is 19.1. The van der Waals surface area contributed by atoms with E-state index in [1.165, 1.54) is 10.6 Å². The van der Waals surface area contributed by atoms with Crippen LogP contribution in [0.1, 0.15) is 82.5 Å². The highest BCUT2D eigenvalue weighted by atomic mass is 35.5. The smallest absolute Gasteiger partial charge is 0.273 e. The molecule has 6 rings (SSSR count). The number of hydrazine groups is 1. The summed E-state index contributed by atoms with van der Waals surface area (Å²) in [6, 6.07) is 13.8. The molecule has 2 aliphatic heterocycles. The number of carbonyl (C=O) groups excluding carboxylic acids is 3. The van der Waals surface area contributed by atoms with E-state index in [0.29, 0.717) is 29.7 Å². The number of fused-ring (bicyclic) bond motifs is 1. The van der Waals surface area contributed by atoms with Gasteiger partial charge in [0, 0.05) is 67.6 Å². The van der Waals surface area contributed by atoms with Crippen LogP contribution in [-0.4, -0.2) is 83.7 Å². The molecule has 3 atom stereocenters. The number of aliphatic hydroxyl groups is 1. The first-order valence-corrected chi connectivity index (χ1v) is 19.5. The lowest BCUT2D eigenvalue weighted by molar-refractivity contribution is -0.131. The van der Waals surface area contributed by atoms with E-state index in [9.17, 15) is 14.4 Å². The van der Waals surface area contributed by atoms with Crippen molar-refractivity contribution in [2.75, 3.05) is 45.7 Å². The second-order valence-corrected chi connectivity index (χ2v) is 14.8. The van der Waals surface area contributed by atoms with E-state index in [0.717, 1.165) is 85.1 Å². The van der Waals surface area contributed by atoms with Gasteiger partial charge in [0.15, 0.2) is 0 Å². The molecular formula is C42H55ClN6O5. The molecule has 3 aromatic rings. The third-order valence-corrected chi connectivity index (χ3v) is 11.5. The number of anilines is 1.